The molecule has 5 aliphatic rings. The highest BCUT2D eigenvalue weighted by Crippen LogP contribution is 2.45. The van der Waals surface area contributed by atoms with Crippen LogP contribution in [0.25, 0.3) is 10.9 Å². The molecule has 1 aromatic heterocycles. The van der Waals surface area contributed by atoms with Crippen molar-refractivity contribution in [2.75, 3.05) is 68.8 Å². The summed E-state index contributed by atoms with van der Waals surface area (Å²) in [6.45, 7) is 10.6. The highest BCUT2D eigenvalue weighted by atomic mass is 16.5. The predicted octanol–water partition coefficient (Wildman–Crippen LogP) is 1.41. The van der Waals surface area contributed by atoms with Crippen molar-refractivity contribution in [1.82, 2.24) is 15.2 Å². The van der Waals surface area contributed by atoms with Crippen LogP contribution in [0.15, 0.2) is 42.5 Å². The van der Waals surface area contributed by atoms with E-state index >= 15 is 0 Å². The van der Waals surface area contributed by atoms with Crippen LogP contribution in [-0.2, 0) is 26.4 Å². The topological polar surface area (TPSA) is 86.1 Å². The van der Waals surface area contributed by atoms with Gasteiger partial charge in [-0.3, -0.25) is 9.88 Å². The van der Waals surface area contributed by atoms with Crippen LogP contribution in [0.5, 0.6) is 0 Å². The van der Waals surface area contributed by atoms with Crippen molar-refractivity contribution in [1.29, 1.82) is 5.26 Å². The molecule has 42 heavy (non-hydrogen) atoms. The molecule has 1 spiro atoms. The molecule has 2 aromatic carbocycles. The Bertz CT molecular complexity index is 1560. The Labute approximate surface area is 247 Å². The van der Waals surface area contributed by atoms with Gasteiger partial charge in [-0.05, 0) is 54.0 Å². The lowest BCUT2D eigenvalue weighted by atomic mass is 9.85. The fraction of sp³-hybridized carbons (Fsp3) is 0.500. The number of morpholine rings is 2. The van der Waals surface area contributed by atoms with E-state index in [1.54, 1.807) is 6.07 Å². The molecule has 8 rings (SSSR count). The summed E-state index contributed by atoms with van der Waals surface area (Å²) in [4.78, 5) is 11.7. The van der Waals surface area contributed by atoms with E-state index in [1.165, 1.54) is 16.8 Å². The number of rotatable bonds is 4. The van der Waals surface area contributed by atoms with E-state index in [1.807, 2.05) is 18.2 Å². The van der Waals surface area contributed by atoms with E-state index in [0.717, 1.165) is 70.0 Å². The Balaban J connectivity index is 0.940. The van der Waals surface area contributed by atoms with Crippen molar-refractivity contribution < 1.29 is 14.2 Å². The minimum atomic E-state index is -0.216. The quantitative estimate of drug-likeness (QED) is 0.475. The Morgan fingerprint density at radius 1 is 1.10 bits per heavy atom. The van der Waals surface area contributed by atoms with E-state index in [9.17, 15) is 5.26 Å². The number of likely N-dealkylation sites (tertiary alicyclic amines) is 1. The second-order valence-electron chi connectivity index (χ2n) is 12.5. The summed E-state index contributed by atoms with van der Waals surface area (Å²) in [6, 6.07) is 17.2. The summed E-state index contributed by atoms with van der Waals surface area (Å²) in [6.07, 6.45) is 0.432. The van der Waals surface area contributed by atoms with Gasteiger partial charge < -0.3 is 29.3 Å². The van der Waals surface area contributed by atoms with E-state index < -0.39 is 0 Å². The highest BCUT2D eigenvalue weighted by molar-refractivity contribution is 6.31. The Hall–Kier alpha value is -3.20. The molecule has 0 unspecified atom stereocenters. The lowest BCUT2D eigenvalue weighted by Gasteiger charge is -2.50. The highest BCUT2D eigenvalue weighted by Gasteiger charge is 2.50. The molecular weight excluding hydrogens is 527 g/mol. The Morgan fingerprint density at radius 2 is 2.00 bits per heavy atom. The largest absolute Gasteiger partial charge is 0.373 e. The third-order valence-electron chi connectivity index (χ3n) is 9.62. The molecule has 214 valence electrons. The van der Waals surface area contributed by atoms with Crippen LogP contribution in [0.3, 0.4) is 0 Å². The number of pyridine rings is 1. The second kappa shape index (κ2) is 10.2. The summed E-state index contributed by atoms with van der Waals surface area (Å²) >= 11 is 0. The maximum atomic E-state index is 9.61. The fourth-order valence-corrected chi connectivity index (χ4v) is 7.72. The van der Waals surface area contributed by atoms with Gasteiger partial charge in [0.05, 0.1) is 48.6 Å². The zero-order valence-corrected chi connectivity index (χ0v) is 24.0. The monoisotopic (exact) mass is 562 g/mol. The van der Waals surface area contributed by atoms with Crippen LogP contribution in [0.1, 0.15) is 23.6 Å². The van der Waals surface area contributed by atoms with Crippen LogP contribution in [0.4, 0.5) is 11.4 Å². The first kappa shape index (κ1) is 26.4. The number of aromatic nitrogens is 1. The molecule has 9 nitrogen and oxygen atoms in total. The van der Waals surface area contributed by atoms with Crippen LogP contribution in [0.2, 0.25) is 0 Å². The molecule has 6 heterocycles. The molecule has 4 saturated heterocycles. The molecule has 1 N–H and O–H groups in total. The number of nitrogens with zero attached hydrogens (tertiary/aromatic N) is 5. The number of ether oxygens (including phenoxy) is 3. The van der Waals surface area contributed by atoms with E-state index in [4.69, 9.17) is 22.1 Å². The summed E-state index contributed by atoms with van der Waals surface area (Å²) < 4.78 is 18.9. The number of nitrogens with one attached hydrogen (secondary N) is 1. The van der Waals surface area contributed by atoms with Crippen molar-refractivity contribution in [2.24, 2.45) is 0 Å². The van der Waals surface area contributed by atoms with Gasteiger partial charge in [0.25, 0.3) is 0 Å². The van der Waals surface area contributed by atoms with Crippen molar-refractivity contribution >= 4 is 35.7 Å². The normalized spacial score (nSPS) is 28.5. The molecule has 10 heteroatoms. The molecule has 0 aliphatic carbocycles. The minimum Gasteiger partial charge on any atom is -0.373 e. The van der Waals surface area contributed by atoms with E-state index in [-0.39, 0.29) is 23.9 Å². The fourth-order valence-electron chi connectivity index (χ4n) is 7.72. The Morgan fingerprint density at radius 3 is 2.86 bits per heavy atom. The number of anilines is 2. The molecule has 4 fully saturated rings. The molecule has 0 saturated carbocycles. The van der Waals surface area contributed by atoms with Gasteiger partial charge >= 0.3 is 0 Å². The smallest absolute Gasteiger partial charge is 0.141 e. The molecule has 0 amide bonds. The number of fused-ring (bicyclic) bond motifs is 4. The lowest BCUT2D eigenvalue weighted by molar-refractivity contribution is -0.155. The molecule has 4 atom stereocenters. The van der Waals surface area contributed by atoms with Crippen LogP contribution >= 0.6 is 0 Å². The van der Waals surface area contributed by atoms with Crippen LogP contribution in [-0.4, -0.2) is 101 Å². The van der Waals surface area contributed by atoms with Gasteiger partial charge in [-0.15, -0.1) is 0 Å². The first-order chi connectivity index (χ1) is 20.5. The summed E-state index contributed by atoms with van der Waals surface area (Å²) in [7, 11) is 5.96. The molecular formula is C32H35BN6O3. The van der Waals surface area contributed by atoms with Gasteiger partial charge in [0, 0.05) is 69.1 Å². The predicted molar refractivity (Wildman–Crippen MR) is 161 cm³/mol. The number of nitriles is 1. The average Bonchev–Trinajstić information content (AvgIpc) is 3.58. The summed E-state index contributed by atoms with van der Waals surface area (Å²) in [5, 5.41) is 14.2. The van der Waals surface area contributed by atoms with Gasteiger partial charge in [-0.2, -0.15) is 5.26 Å². The van der Waals surface area contributed by atoms with Crippen molar-refractivity contribution in [3.05, 3.63) is 59.2 Å². The maximum Gasteiger partial charge on any atom is 0.141 e. The molecule has 0 bridgehead atoms. The SMILES string of the molecule is [B]c1ccc2c(N3C[C@H](CN4CC5(C4)OCc4cc(N6C[C@H]7NCCO[C@@H]7C6)ccc45)O[C@H](C)C3)ccc(C#N)c2n1. The van der Waals surface area contributed by atoms with Gasteiger partial charge in [0.15, 0.2) is 0 Å². The van der Waals surface area contributed by atoms with E-state index in [0.29, 0.717) is 29.3 Å². The average molecular weight is 562 g/mol. The van der Waals surface area contributed by atoms with E-state index in [2.05, 4.69) is 56.2 Å². The first-order valence-corrected chi connectivity index (χ1v) is 15.1. The van der Waals surface area contributed by atoms with Crippen molar-refractivity contribution in [3.8, 4) is 6.07 Å². The van der Waals surface area contributed by atoms with Gasteiger partial charge in [-0.1, -0.05) is 12.1 Å². The number of hydrogen-bond acceptors (Lipinski definition) is 9. The maximum absolute atomic E-state index is 9.61. The second-order valence-corrected chi connectivity index (χ2v) is 12.5. The van der Waals surface area contributed by atoms with Gasteiger partial charge in [-0.25, -0.2) is 0 Å². The zero-order chi connectivity index (χ0) is 28.4. The Kier molecular flexibility index (Phi) is 6.43. The standard InChI is InChI=1S/C32H35BN6O3/c1-20-12-39(28-6-2-21(11-34)31-25(28)4-7-30(33)36-31)14-24(42-20)13-37-18-32(19-37)26-5-3-23(10-22(26)17-41-32)38-15-27-29(16-38)40-9-8-35-27/h2-7,10,20,24,27,29,35H,8-9,12-19H2,1H3/t20-,24+,27-,29-/m1/s1. The minimum absolute atomic E-state index is 0.0660. The van der Waals surface area contributed by atoms with Crippen molar-refractivity contribution in [2.45, 2.75) is 43.5 Å². The molecule has 3 aromatic rings. The zero-order valence-electron chi connectivity index (χ0n) is 24.0. The molecule has 5 aliphatic heterocycles. The van der Waals surface area contributed by atoms with Crippen molar-refractivity contribution in [3.63, 3.8) is 0 Å². The number of benzene rings is 2. The van der Waals surface area contributed by atoms with Gasteiger partial charge in [0.1, 0.15) is 19.5 Å². The summed E-state index contributed by atoms with van der Waals surface area (Å²) in [5.74, 6) is 0. The molecule has 2 radical (unpaired) electrons. The van der Waals surface area contributed by atoms with Crippen LogP contribution < -0.4 is 20.7 Å². The lowest BCUT2D eigenvalue weighted by Crippen LogP contribution is -2.62. The number of hydrogen-bond donors (Lipinski definition) is 1. The van der Waals surface area contributed by atoms with Crippen LogP contribution in [0, 0.1) is 11.3 Å². The first-order valence-electron chi connectivity index (χ1n) is 15.1. The third-order valence-corrected chi connectivity index (χ3v) is 9.62. The van der Waals surface area contributed by atoms with Gasteiger partial charge in [0.2, 0.25) is 0 Å². The summed E-state index contributed by atoms with van der Waals surface area (Å²) in [5.41, 5.74) is 6.39. The third kappa shape index (κ3) is 4.46.